The van der Waals surface area contributed by atoms with Crippen LogP contribution in [0.2, 0.25) is 0 Å². The molecule has 0 aliphatic carbocycles. The van der Waals surface area contributed by atoms with Crippen LogP contribution in [-0.4, -0.2) is 25.8 Å². The van der Waals surface area contributed by atoms with Crippen molar-refractivity contribution in [3.63, 3.8) is 0 Å². The first-order chi connectivity index (χ1) is 8.22. The number of nitrogens with two attached hydrogens (primary N) is 1. The van der Waals surface area contributed by atoms with Gasteiger partial charge in [0.25, 0.3) is 0 Å². The molecule has 1 aromatic rings. The molecule has 5 heteroatoms. The molecule has 1 aromatic carbocycles. The first-order valence-corrected chi connectivity index (χ1v) is 5.52. The van der Waals surface area contributed by atoms with Crippen molar-refractivity contribution < 1.29 is 19.0 Å². The summed E-state index contributed by atoms with van der Waals surface area (Å²) in [6.07, 6.45) is -0.482. The van der Waals surface area contributed by atoms with Gasteiger partial charge in [-0.2, -0.15) is 0 Å². The summed E-state index contributed by atoms with van der Waals surface area (Å²) in [7, 11) is 0. The van der Waals surface area contributed by atoms with E-state index in [-0.39, 0.29) is 5.97 Å². The van der Waals surface area contributed by atoms with Gasteiger partial charge in [0.15, 0.2) is 6.29 Å². The number of esters is 1. The Morgan fingerprint density at radius 2 is 2.18 bits per heavy atom. The maximum atomic E-state index is 11.6. The molecule has 0 radical (unpaired) electrons. The Hall–Kier alpha value is -1.59. The predicted molar refractivity (Wildman–Crippen MR) is 61.5 cm³/mol. The van der Waals surface area contributed by atoms with E-state index in [9.17, 15) is 4.79 Å². The second-order valence-electron chi connectivity index (χ2n) is 3.64. The molecule has 0 aromatic heterocycles. The monoisotopic (exact) mass is 237 g/mol. The van der Waals surface area contributed by atoms with Gasteiger partial charge in [-0.3, -0.25) is 0 Å². The third kappa shape index (κ3) is 2.57. The minimum absolute atomic E-state index is 0.342. The summed E-state index contributed by atoms with van der Waals surface area (Å²) in [6, 6.07) is 4.95. The summed E-state index contributed by atoms with van der Waals surface area (Å²) in [5, 5.41) is 0. The van der Waals surface area contributed by atoms with Crippen LogP contribution in [0.5, 0.6) is 0 Å². The molecule has 0 atom stereocenters. The number of carbonyl (C=O) groups is 1. The van der Waals surface area contributed by atoms with Crippen molar-refractivity contribution >= 4 is 11.7 Å². The largest absolute Gasteiger partial charge is 0.462 e. The van der Waals surface area contributed by atoms with Crippen molar-refractivity contribution in [2.75, 3.05) is 25.6 Å². The fourth-order valence-electron chi connectivity index (χ4n) is 1.66. The summed E-state index contributed by atoms with van der Waals surface area (Å²) in [6.45, 7) is 3.18. The first kappa shape index (κ1) is 11.9. The lowest BCUT2D eigenvalue weighted by atomic mass is 10.1. The summed E-state index contributed by atoms with van der Waals surface area (Å²) >= 11 is 0. The van der Waals surface area contributed by atoms with E-state index >= 15 is 0 Å². The number of hydrogen-bond acceptors (Lipinski definition) is 5. The highest BCUT2D eigenvalue weighted by Gasteiger charge is 2.22. The number of ether oxygens (including phenoxy) is 3. The van der Waals surface area contributed by atoms with E-state index in [1.165, 1.54) is 0 Å². The summed E-state index contributed by atoms with van der Waals surface area (Å²) < 4.78 is 15.6. The Bertz CT molecular complexity index is 413. The van der Waals surface area contributed by atoms with Crippen LogP contribution < -0.4 is 5.73 Å². The number of benzene rings is 1. The van der Waals surface area contributed by atoms with Gasteiger partial charge in [-0.15, -0.1) is 0 Å². The zero-order valence-electron chi connectivity index (χ0n) is 9.64. The van der Waals surface area contributed by atoms with Gasteiger partial charge in [-0.05, 0) is 25.1 Å². The minimum atomic E-state index is -0.482. The summed E-state index contributed by atoms with van der Waals surface area (Å²) in [5.41, 5.74) is 7.51. The molecule has 0 amide bonds. The van der Waals surface area contributed by atoms with E-state index in [0.717, 1.165) is 0 Å². The molecule has 1 aliphatic heterocycles. The van der Waals surface area contributed by atoms with E-state index < -0.39 is 6.29 Å². The minimum Gasteiger partial charge on any atom is -0.462 e. The van der Waals surface area contributed by atoms with Crippen molar-refractivity contribution in [3.8, 4) is 0 Å². The van der Waals surface area contributed by atoms with Gasteiger partial charge in [0, 0.05) is 11.3 Å². The Labute approximate surface area is 99.5 Å². The highest BCUT2D eigenvalue weighted by molar-refractivity contribution is 5.90. The van der Waals surface area contributed by atoms with Crippen LogP contribution >= 0.6 is 0 Å². The first-order valence-electron chi connectivity index (χ1n) is 5.52. The molecule has 1 fully saturated rings. The molecule has 0 bridgehead atoms. The van der Waals surface area contributed by atoms with Crippen LogP contribution in [0.25, 0.3) is 0 Å². The van der Waals surface area contributed by atoms with E-state index in [1.54, 1.807) is 25.1 Å². The van der Waals surface area contributed by atoms with Gasteiger partial charge >= 0.3 is 5.97 Å². The second kappa shape index (κ2) is 5.16. The van der Waals surface area contributed by atoms with Crippen molar-refractivity contribution in [1.29, 1.82) is 0 Å². The fourth-order valence-corrected chi connectivity index (χ4v) is 1.66. The normalized spacial score (nSPS) is 16.1. The molecule has 2 rings (SSSR count). The lowest BCUT2D eigenvalue weighted by Crippen LogP contribution is -2.08. The number of carbonyl (C=O) groups excluding carboxylic acids is 1. The van der Waals surface area contributed by atoms with Gasteiger partial charge in [0.1, 0.15) is 0 Å². The van der Waals surface area contributed by atoms with Gasteiger partial charge < -0.3 is 19.9 Å². The molecular formula is C12H15NO4. The Balaban J connectivity index is 2.25. The molecule has 1 heterocycles. The maximum Gasteiger partial charge on any atom is 0.338 e. The topological polar surface area (TPSA) is 70.8 Å². The van der Waals surface area contributed by atoms with Crippen LogP contribution in [0, 0.1) is 0 Å². The second-order valence-corrected chi connectivity index (χ2v) is 3.64. The molecule has 0 unspecified atom stereocenters. The van der Waals surface area contributed by atoms with Crippen LogP contribution in [0.4, 0.5) is 5.69 Å². The third-order valence-corrected chi connectivity index (χ3v) is 2.47. The van der Waals surface area contributed by atoms with Gasteiger partial charge in [-0.25, -0.2) is 4.79 Å². The average Bonchev–Trinajstić information content (AvgIpc) is 2.83. The van der Waals surface area contributed by atoms with Crippen molar-refractivity contribution in [3.05, 3.63) is 29.3 Å². The number of hydrogen-bond donors (Lipinski definition) is 1. The van der Waals surface area contributed by atoms with E-state index in [1.807, 2.05) is 0 Å². The van der Waals surface area contributed by atoms with Crippen molar-refractivity contribution in [2.24, 2.45) is 0 Å². The van der Waals surface area contributed by atoms with Crippen LogP contribution in [-0.2, 0) is 14.2 Å². The smallest absolute Gasteiger partial charge is 0.338 e. The molecule has 2 N–H and O–H groups in total. The molecule has 1 saturated heterocycles. The SMILES string of the molecule is CCOC(=O)c1ccc(N)c(C2OCCO2)c1. The molecular weight excluding hydrogens is 222 g/mol. The fraction of sp³-hybridized carbons (Fsp3) is 0.417. The average molecular weight is 237 g/mol. The van der Waals surface area contributed by atoms with Crippen LogP contribution in [0.3, 0.4) is 0 Å². The number of nitrogen functional groups attached to an aromatic ring is 1. The molecule has 17 heavy (non-hydrogen) atoms. The summed E-state index contributed by atoms with van der Waals surface area (Å²) in [5.74, 6) is -0.369. The maximum absolute atomic E-state index is 11.6. The van der Waals surface area contributed by atoms with Gasteiger partial charge in [-0.1, -0.05) is 0 Å². The molecule has 0 spiro atoms. The zero-order valence-corrected chi connectivity index (χ0v) is 9.64. The molecule has 92 valence electrons. The van der Waals surface area contributed by atoms with Crippen LogP contribution in [0.15, 0.2) is 18.2 Å². The highest BCUT2D eigenvalue weighted by atomic mass is 16.7. The number of rotatable bonds is 3. The zero-order chi connectivity index (χ0) is 12.3. The lowest BCUT2D eigenvalue weighted by Gasteiger charge is -2.13. The quantitative estimate of drug-likeness (QED) is 0.637. The van der Waals surface area contributed by atoms with Gasteiger partial charge in [0.05, 0.1) is 25.4 Å². The Morgan fingerprint density at radius 1 is 1.47 bits per heavy atom. The predicted octanol–water partition coefficient (Wildman–Crippen LogP) is 1.49. The summed E-state index contributed by atoms with van der Waals surface area (Å²) in [4.78, 5) is 11.6. The van der Waals surface area contributed by atoms with Crippen molar-refractivity contribution in [1.82, 2.24) is 0 Å². The standard InChI is InChI=1S/C12H15NO4/c1-2-15-11(14)8-3-4-10(13)9(7-8)12-16-5-6-17-12/h3-4,7,12H,2,5-6,13H2,1H3. The van der Waals surface area contributed by atoms with Gasteiger partial charge in [0.2, 0.25) is 0 Å². The molecule has 1 aliphatic rings. The molecule has 5 nitrogen and oxygen atoms in total. The highest BCUT2D eigenvalue weighted by Crippen LogP contribution is 2.28. The Kier molecular flexibility index (Phi) is 3.61. The van der Waals surface area contributed by atoms with Crippen molar-refractivity contribution in [2.45, 2.75) is 13.2 Å². The Morgan fingerprint density at radius 3 is 2.82 bits per heavy atom. The van der Waals surface area contributed by atoms with Crippen LogP contribution in [0.1, 0.15) is 29.1 Å². The van der Waals surface area contributed by atoms with E-state index in [4.69, 9.17) is 19.9 Å². The molecule has 0 saturated carbocycles. The van der Waals surface area contributed by atoms with E-state index in [2.05, 4.69) is 0 Å². The number of anilines is 1. The lowest BCUT2D eigenvalue weighted by molar-refractivity contribution is -0.0435. The third-order valence-electron chi connectivity index (χ3n) is 2.47. The van der Waals surface area contributed by atoms with E-state index in [0.29, 0.717) is 36.6 Å².